The molecule has 0 unspecified atom stereocenters. The van der Waals surface area contributed by atoms with Crippen LogP contribution in [0.25, 0.3) is 0 Å². The quantitative estimate of drug-likeness (QED) is 0.529. The van der Waals surface area contributed by atoms with E-state index in [1.165, 1.54) is 24.9 Å². The first-order valence-electron chi connectivity index (χ1n) is 2.97. The zero-order chi connectivity index (χ0) is 8.81. The zero-order valence-corrected chi connectivity index (χ0v) is 7.04. The molecule has 1 N–H and O–H groups in total. The Labute approximate surface area is 72.4 Å². The highest BCUT2D eigenvalue weighted by atomic mass is 32.1. The molecule has 0 aromatic carbocycles. The number of rotatable bonds is 2. The average molecular weight is 186 g/mol. The van der Waals surface area contributed by atoms with Gasteiger partial charge < -0.3 is 4.74 Å². The van der Waals surface area contributed by atoms with E-state index < -0.39 is 6.09 Å². The van der Waals surface area contributed by atoms with Gasteiger partial charge in [-0.15, -0.1) is 5.10 Å². The van der Waals surface area contributed by atoms with Crippen molar-refractivity contribution in [1.82, 2.24) is 15.0 Å². The van der Waals surface area contributed by atoms with Crippen LogP contribution in [-0.2, 0) is 4.74 Å². The summed E-state index contributed by atoms with van der Waals surface area (Å²) in [7, 11) is 1.26. The fourth-order valence-electron chi connectivity index (χ4n) is 0.425. The minimum Gasteiger partial charge on any atom is -0.452 e. The molecule has 1 heterocycles. The van der Waals surface area contributed by atoms with Gasteiger partial charge in [-0.3, -0.25) is 0 Å². The topological polar surface area (TPSA) is 76.5 Å². The van der Waals surface area contributed by atoms with Gasteiger partial charge in [0.25, 0.3) is 0 Å². The second-order valence-electron chi connectivity index (χ2n) is 1.69. The van der Waals surface area contributed by atoms with E-state index in [1.807, 2.05) is 0 Å². The van der Waals surface area contributed by atoms with E-state index >= 15 is 0 Å². The van der Waals surface area contributed by atoms with Crippen molar-refractivity contribution >= 4 is 23.8 Å². The van der Waals surface area contributed by atoms with Gasteiger partial charge in [0.05, 0.1) is 13.3 Å². The molecule has 0 aliphatic rings. The largest absolute Gasteiger partial charge is 0.452 e. The number of nitrogens with zero attached hydrogens (tertiary/aromatic N) is 3. The molecule has 0 fully saturated rings. The molecule has 0 atom stereocenters. The molecule has 0 bridgehead atoms. The molecule has 7 heteroatoms. The van der Waals surface area contributed by atoms with Crippen molar-refractivity contribution in [2.75, 3.05) is 7.11 Å². The Kier molecular flexibility index (Phi) is 3.15. The number of ether oxygens (including phenoxy) is 1. The van der Waals surface area contributed by atoms with Crippen LogP contribution in [0, 0.1) is 0 Å². The van der Waals surface area contributed by atoms with Crippen LogP contribution in [-0.4, -0.2) is 29.0 Å². The van der Waals surface area contributed by atoms with Crippen molar-refractivity contribution in [2.24, 2.45) is 5.10 Å². The molecular formula is C5H6N4O2S. The van der Waals surface area contributed by atoms with Crippen LogP contribution in [0.4, 0.5) is 4.79 Å². The highest BCUT2D eigenvalue weighted by molar-refractivity contribution is 7.03. The summed E-state index contributed by atoms with van der Waals surface area (Å²) >= 11 is 1.21. The van der Waals surface area contributed by atoms with E-state index in [0.29, 0.717) is 5.69 Å². The van der Waals surface area contributed by atoms with Crippen LogP contribution >= 0.6 is 11.5 Å². The van der Waals surface area contributed by atoms with Crippen LogP contribution < -0.4 is 5.43 Å². The van der Waals surface area contributed by atoms with Crippen molar-refractivity contribution in [1.29, 1.82) is 0 Å². The maximum Gasteiger partial charge on any atom is 0.427 e. The highest BCUT2D eigenvalue weighted by Crippen LogP contribution is 1.91. The fraction of sp³-hybridized carbons (Fsp3) is 0.200. The third kappa shape index (κ3) is 2.62. The van der Waals surface area contributed by atoms with E-state index in [2.05, 4.69) is 24.9 Å². The third-order valence-electron chi connectivity index (χ3n) is 0.915. The lowest BCUT2D eigenvalue weighted by Gasteiger charge is -1.93. The molecule has 1 aromatic rings. The molecule has 0 saturated carbocycles. The van der Waals surface area contributed by atoms with Gasteiger partial charge in [0.15, 0.2) is 0 Å². The summed E-state index contributed by atoms with van der Waals surface area (Å²) in [6.07, 6.45) is 0.759. The summed E-state index contributed by atoms with van der Waals surface area (Å²) in [4.78, 5) is 10.5. The van der Waals surface area contributed by atoms with E-state index in [-0.39, 0.29) is 0 Å². The standard InChI is InChI=1S/C5H6N4O2S/c1-11-5(10)8-6-2-4-3-12-9-7-4/h2-3H,1H3,(H,8,10). The van der Waals surface area contributed by atoms with Crippen LogP contribution in [0.3, 0.4) is 0 Å². The molecule has 64 valence electrons. The first kappa shape index (κ1) is 8.60. The lowest BCUT2D eigenvalue weighted by molar-refractivity contribution is 0.171. The third-order valence-corrected chi connectivity index (χ3v) is 1.44. The first-order chi connectivity index (χ1) is 5.83. The molecule has 1 rings (SSSR count). The Bertz CT molecular complexity index is 271. The molecule has 1 aromatic heterocycles. The molecule has 0 aliphatic carbocycles. The number of aromatic nitrogens is 2. The Morgan fingerprint density at radius 3 is 3.33 bits per heavy atom. The maximum absolute atomic E-state index is 10.5. The predicted octanol–water partition coefficient (Wildman–Crippen LogP) is 0.228. The minimum atomic E-state index is -0.616. The van der Waals surface area contributed by atoms with Gasteiger partial charge in [-0.2, -0.15) is 5.10 Å². The van der Waals surface area contributed by atoms with Crippen LogP contribution in [0.2, 0.25) is 0 Å². The number of hydrogen-bond acceptors (Lipinski definition) is 6. The summed E-state index contributed by atoms with van der Waals surface area (Å²) in [5, 5.41) is 8.90. The van der Waals surface area contributed by atoms with Gasteiger partial charge in [0.2, 0.25) is 0 Å². The van der Waals surface area contributed by atoms with Crippen LogP contribution in [0.15, 0.2) is 10.5 Å². The second kappa shape index (κ2) is 4.39. The minimum absolute atomic E-state index is 0.594. The monoisotopic (exact) mass is 186 g/mol. The molecule has 6 nitrogen and oxygen atoms in total. The number of carbonyl (C=O) groups is 1. The summed E-state index contributed by atoms with van der Waals surface area (Å²) in [5.74, 6) is 0. The Balaban J connectivity index is 2.37. The lowest BCUT2D eigenvalue weighted by atomic mass is 10.6. The van der Waals surface area contributed by atoms with E-state index in [4.69, 9.17) is 0 Å². The molecule has 0 aliphatic heterocycles. The van der Waals surface area contributed by atoms with Gasteiger partial charge in [-0.05, 0) is 11.5 Å². The molecule has 0 spiro atoms. The Morgan fingerprint density at radius 1 is 1.92 bits per heavy atom. The molecule has 0 saturated heterocycles. The normalized spacial score (nSPS) is 10.1. The molecule has 0 radical (unpaired) electrons. The average Bonchev–Trinajstić information content (AvgIpc) is 2.57. The van der Waals surface area contributed by atoms with Crippen molar-refractivity contribution in [3.05, 3.63) is 11.1 Å². The lowest BCUT2D eigenvalue weighted by Crippen LogP contribution is -2.16. The molecule has 12 heavy (non-hydrogen) atoms. The van der Waals surface area contributed by atoms with Crippen molar-refractivity contribution < 1.29 is 9.53 Å². The van der Waals surface area contributed by atoms with E-state index in [0.717, 1.165) is 0 Å². The molecular weight excluding hydrogens is 180 g/mol. The smallest absolute Gasteiger partial charge is 0.427 e. The van der Waals surface area contributed by atoms with Crippen molar-refractivity contribution in [2.45, 2.75) is 0 Å². The van der Waals surface area contributed by atoms with Gasteiger partial charge in [0, 0.05) is 5.38 Å². The Hall–Kier alpha value is -1.50. The number of carbonyl (C=O) groups excluding carboxylic acids is 1. The van der Waals surface area contributed by atoms with E-state index in [1.54, 1.807) is 5.38 Å². The fourth-order valence-corrected chi connectivity index (χ4v) is 0.829. The SMILES string of the molecule is COC(=O)NN=Cc1csnn1. The van der Waals surface area contributed by atoms with Crippen molar-refractivity contribution in [3.63, 3.8) is 0 Å². The van der Waals surface area contributed by atoms with E-state index in [9.17, 15) is 4.79 Å². The first-order valence-corrected chi connectivity index (χ1v) is 3.80. The van der Waals surface area contributed by atoms with Gasteiger partial charge in [-0.25, -0.2) is 10.2 Å². The number of amides is 1. The summed E-state index contributed by atoms with van der Waals surface area (Å²) in [6, 6.07) is 0. The van der Waals surface area contributed by atoms with Gasteiger partial charge in [-0.1, -0.05) is 4.49 Å². The number of nitrogens with one attached hydrogen (secondary N) is 1. The summed E-state index contributed by atoms with van der Waals surface area (Å²) in [5.41, 5.74) is 2.71. The molecule has 1 amide bonds. The number of hydrogen-bond donors (Lipinski definition) is 1. The number of hydrazone groups is 1. The summed E-state index contributed by atoms with van der Waals surface area (Å²) < 4.78 is 7.87. The van der Waals surface area contributed by atoms with Crippen molar-refractivity contribution in [3.8, 4) is 0 Å². The van der Waals surface area contributed by atoms with Crippen LogP contribution in [0.5, 0.6) is 0 Å². The Morgan fingerprint density at radius 2 is 2.75 bits per heavy atom. The van der Waals surface area contributed by atoms with Crippen LogP contribution in [0.1, 0.15) is 5.69 Å². The highest BCUT2D eigenvalue weighted by Gasteiger charge is 1.93. The number of methoxy groups -OCH3 is 1. The predicted molar refractivity (Wildman–Crippen MR) is 43.0 cm³/mol. The zero-order valence-electron chi connectivity index (χ0n) is 6.22. The maximum atomic E-state index is 10.5. The van der Waals surface area contributed by atoms with Gasteiger partial charge in [0.1, 0.15) is 5.69 Å². The van der Waals surface area contributed by atoms with Gasteiger partial charge >= 0.3 is 6.09 Å². The summed E-state index contributed by atoms with van der Waals surface area (Å²) in [6.45, 7) is 0. The second-order valence-corrected chi connectivity index (χ2v) is 2.30.